The van der Waals surface area contributed by atoms with E-state index in [1.165, 1.54) is 28.5 Å². The Morgan fingerprint density at radius 2 is 1.90 bits per heavy atom. The van der Waals surface area contributed by atoms with Crippen LogP contribution in [0.3, 0.4) is 0 Å². The van der Waals surface area contributed by atoms with E-state index in [2.05, 4.69) is 4.98 Å². The number of halogens is 1. The molecule has 0 aliphatic heterocycles. The lowest BCUT2D eigenvalue weighted by Crippen LogP contribution is -2.36. The first-order valence-corrected chi connectivity index (χ1v) is 9.64. The summed E-state index contributed by atoms with van der Waals surface area (Å²) in [6.45, 7) is 1.16. The molecule has 0 aliphatic carbocycles. The highest BCUT2D eigenvalue weighted by molar-refractivity contribution is 5.98. The van der Waals surface area contributed by atoms with Crippen molar-refractivity contribution in [2.24, 2.45) is 5.73 Å². The van der Waals surface area contributed by atoms with Gasteiger partial charge >= 0.3 is 0 Å². The maximum atomic E-state index is 13.2. The molecule has 9 heteroatoms. The summed E-state index contributed by atoms with van der Waals surface area (Å²) in [5.41, 5.74) is 6.81. The number of aliphatic hydroxyl groups is 1. The van der Waals surface area contributed by atoms with Gasteiger partial charge in [0.25, 0.3) is 11.5 Å². The van der Waals surface area contributed by atoms with Crippen molar-refractivity contribution < 1.29 is 19.1 Å². The Balaban J connectivity index is 2.16. The lowest BCUT2D eigenvalue weighted by molar-refractivity contribution is -0.127. The molecule has 3 N–H and O–H groups in total. The molecule has 0 aliphatic rings. The van der Waals surface area contributed by atoms with Crippen LogP contribution in [-0.4, -0.2) is 45.0 Å². The summed E-state index contributed by atoms with van der Waals surface area (Å²) in [4.78, 5) is 42.4. The average Bonchev–Trinajstić information content (AvgIpc) is 2.73. The second-order valence-corrected chi connectivity index (χ2v) is 7.29. The van der Waals surface area contributed by atoms with Crippen LogP contribution in [0.15, 0.2) is 41.3 Å². The molecule has 2 amide bonds. The molecular weight excluding hydrogens is 403 g/mol. The maximum absolute atomic E-state index is 13.2. The van der Waals surface area contributed by atoms with Crippen molar-refractivity contribution in [3.05, 3.63) is 75.0 Å². The van der Waals surface area contributed by atoms with Crippen LogP contribution in [0.2, 0.25) is 0 Å². The van der Waals surface area contributed by atoms with E-state index in [1.807, 2.05) is 0 Å². The molecule has 8 nitrogen and oxygen atoms in total. The smallest absolute Gasteiger partial charge is 0.264 e. The van der Waals surface area contributed by atoms with Crippen molar-refractivity contribution >= 4 is 22.8 Å². The molecule has 3 rings (SSSR count). The third-order valence-electron chi connectivity index (χ3n) is 5.18. The summed E-state index contributed by atoms with van der Waals surface area (Å²) < 4.78 is 14.5. The largest absolute Gasteiger partial charge is 0.392 e. The number of aromatic nitrogens is 2. The first kappa shape index (κ1) is 22.1. The van der Waals surface area contributed by atoms with Crippen molar-refractivity contribution in [2.75, 3.05) is 13.6 Å². The second kappa shape index (κ2) is 9.05. The van der Waals surface area contributed by atoms with Gasteiger partial charge in [-0.15, -0.1) is 0 Å². The zero-order valence-corrected chi connectivity index (χ0v) is 17.3. The van der Waals surface area contributed by atoms with Gasteiger partial charge in [0.2, 0.25) is 5.91 Å². The average molecular weight is 426 g/mol. The number of carbonyl (C=O) groups excluding carboxylic acids is 2. The Bertz CT molecular complexity index is 1200. The quantitative estimate of drug-likeness (QED) is 0.588. The minimum absolute atomic E-state index is 0.0667. The lowest BCUT2D eigenvalue weighted by atomic mass is 10.0. The molecule has 0 fully saturated rings. The van der Waals surface area contributed by atoms with Crippen molar-refractivity contribution in [3.8, 4) is 0 Å². The predicted molar refractivity (Wildman–Crippen MR) is 113 cm³/mol. The number of rotatable bonds is 7. The minimum atomic E-state index is -0.957. The van der Waals surface area contributed by atoms with Gasteiger partial charge in [-0.1, -0.05) is 12.1 Å². The lowest BCUT2D eigenvalue weighted by Gasteiger charge is -2.19. The Morgan fingerprint density at radius 3 is 2.48 bits per heavy atom. The molecule has 0 unspecified atom stereocenters. The number of fused-ring (bicyclic) bond motifs is 1. The highest BCUT2D eigenvalue weighted by Gasteiger charge is 2.21. The van der Waals surface area contributed by atoms with E-state index in [4.69, 9.17) is 5.73 Å². The first-order valence-electron chi connectivity index (χ1n) is 9.64. The molecule has 31 heavy (non-hydrogen) atoms. The second-order valence-electron chi connectivity index (χ2n) is 7.29. The van der Waals surface area contributed by atoms with E-state index in [-0.39, 0.29) is 41.5 Å². The highest BCUT2D eigenvalue weighted by atomic mass is 19.1. The SMILES string of the molecule is CC(=O)N(C)CCn1c(=O)c(C(N)=O)c(CO)c2ncc(Cc3ccc(F)cc3)cc21. The number of primary amides is 1. The Kier molecular flexibility index (Phi) is 6.45. The summed E-state index contributed by atoms with van der Waals surface area (Å²) in [7, 11) is 1.60. The summed E-state index contributed by atoms with van der Waals surface area (Å²) in [6.07, 6.45) is 2.02. The van der Waals surface area contributed by atoms with Crippen molar-refractivity contribution in [1.82, 2.24) is 14.5 Å². The van der Waals surface area contributed by atoms with Gasteiger partial charge in [0, 0.05) is 38.8 Å². The molecule has 162 valence electrons. The third-order valence-corrected chi connectivity index (χ3v) is 5.18. The van der Waals surface area contributed by atoms with Gasteiger partial charge < -0.3 is 20.3 Å². The van der Waals surface area contributed by atoms with Gasteiger partial charge in [-0.2, -0.15) is 0 Å². The van der Waals surface area contributed by atoms with Crippen LogP contribution in [0.4, 0.5) is 4.39 Å². The number of aliphatic hydroxyl groups excluding tert-OH is 1. The van der Waals surface area contributed by atoms with Crippen LogP contribution in [-0.2, 0) is 24.4 Å². The third kappa shape index (κ3) is 4.61. The number of hydrogen-bond acceptors (Lipinski definition) is 5. The monoisotopic (exact) mass is 426 g/mol. The van der Waals surface area contributed by atoms with E-state index in [0.29, 0.717) is 11.9 Å². The molecule has 0 saturated heterocycles. The number of nitrogens with zero attached hydrogens (tertiary/aromatic N) is 3. The standard InChI is InChI=1S/C22H23FN4O4/c1-13(29)26(2)7-8-27-18-10-15(9-14-3-5-16(23)6-4-14)11-25-20(18)17(12-28)19(21(24)30)22(27)31/h3-6,10-11,28H,7-9,12H2,1-2H3,(H2,24,30). The number of benzene rings is 1. The van der Waals surface area contributed by atoms with E-state index in [9.17, 15) is 23.9 Å². The fraction of sp³-hybridized carbons (Fsp3) is 0.273. The number of likely N-dealkylation sites (N-methyl/N-ethyl adjacent to an activating group) is 1. The molecule has 0 saturated carbocycles. The zero-order valence-electron chi connectivity index (χ0n) is 17.3. The minimum Gasteiger partial charge on any atom is -0.392 e. The van der Waals surface area contributed by atoms with Crippen molar-refractivity contribution in [3.63, 3.8) is 0 Å². The van der Waals surface area contributed by atoms with E-state index in [1.54, 1.807) is 31.4 Å². The van der Waals surface area contributed by atoms with Crippen LogP contribution >= 0.6 is 0 Å². The first-order chi connectivity index (χ1) is 14.7. The number of amides is 2. The molecule has 0 atom stereocenters. The van der Waals surface area contributed by atoms with E-state index < -0.39 is 18.1 Å². The van der Waals surface area contributed by atoms with Crippen LogP contribution < -0.4 is 11.3 Å². The zero-order chi connectivity index (χ0) is 22.7. The van der Waals surface area contributed by atoms with Gasteiger partial charge in [-0.05, 0) is 35.7 Å². The molecule has 0 bridgehead atoms. The highest BCUT2D eigenvalue weighted by Crippen LogP contribution is 2.21. The predicted octanol–water partition coefficient (Wildman–Crippen LogP) is 1.20. The van der Waals surface area contributed by atoms with Gasteiger partial charge in [-0.3, -0.25) is 19.4 Å². The summed E-state index contributed by atoms with van der Waals surface area (Å²) in [6, 6.07) is 7.78. The van der Waals surface area contributed by atoms with Crippen LogP contribution in [0, 0.1) is 5.82 Å². The van der Waals surface area contributed by atoms with Crippen molar-refractivity contribution in [2.45, 2.75) is 26.5 Å². The Morgan fingerprint density at radius 1 is 1.23 bits per heavy atom. The number of hydrogen-bond donors (Lipinski definition) is 2. The molecule has 2 aromatic heterocycles. The number of nitrogens with two attached hydrogens (primary N) is 1. The van der Waals surface area contributed by atoms with Gasteiger partial charge in [0.05, 0.1) is 17.6 Å². The Hall–Kier alpha value is -3.59. The van der Waals surface area contributed by atoms with E-state index in [0.717, 1.165) is 11.1 Å². The van der Waals surface area contributed by atoms with Crippen molar-refractivity contribution in [1.29, 1.82) is 0 Å². The number of carbonyl (C=O) groups is 2. The molecule has 0 spiro atoms. The summed E-state index contributed by atoms with van der Waals surface area (Å²) in [5, 5.41) is 9.82. The topological polar surface area (TPSA) is 119 Å². The molecular formula is C22H23FN4O4. The van der Waals surface area contributed by atoms with Crippen LogP contribution in [0.1, 0.15) is 34.0 Å². The molecule has 2 heterocycles. The maximum Gasteiger partial charge on any atom is 0.264 e. The molecule has 0 radical (unpaired) electrons. The van der Waals surface area contributed by atoms with Gasteiger partial charge in [-0.25, -0.2) is 4.39 Å². The Labute approximate surface area is 177 Å². The fourth-order valence-corrected chi connectivity index (χ4v) is 3.40. The normalized spacial score (nSPS) is 11.0. The van der Waals surface area contributed by atoms with Gasteiger partial charge in [0.15, 0.2) is 0 Å². The fourth-order valence-electron chi connectivity index (χ4n) is 3.40. The van der Waals surface area contributed by atoms with E-state index >= 15 is 0 Å². The number of pyridine rings is 2. The van der Waals surface area contributed by atoms with Gasteiger partial charge in [0.1, 0.15) is 11.4 Å². The summed E-state index contributed by atoms with van der Waals surface area (Å²) in [5.74, 6) is -1.47. The van der Waals surface area contributed by atoms with Crippen LogP contribution in [0.5, 0.6) is 0 Å². The summed E-state index contributed by atoms with van der Waals surface area (Å²) >= 11 is 0. The molecule has 1 aromatic carbocycles. The van der Waals surface area contributed by atoms with Crippen LogP contribution in [0.25, 0.3) is 11.0 Å². The molecule has 3 aromatic rings.